The van der Waals surface area contributed by atoms with Crippen LogP contribution in [-0.4, -0.2) is 9.97 Å². The van der Waals surface area contributed by atoms with Crippen LogP contribution in [0.1, 0.15) is 22.3 Å². The highest BCUT2D eigenvalue weighted by Crippen LogP contribution is 2.25. The van der Waals surface area contributed by atoms with Crippen LogP contribution in [0.2, 0.25) is 0 Å². The molecule has 0 saturated heterocycles. The van der Waals surface area contributed by atoms with Crippen LogP contribution in [0, 0.1) is 23.2 Å². The summed E-state index contributed by atoms with van der Waals surface area (Å²) in [5.74, 6) is 6.75. The molecule has 0 aliphatic rings. The van der Waals surface area contributed by atoms with E-state index in [4.69, 9.17) is 5.53 Å². The van der Waals surface area contributed by atoms with Gasteiger partial charge in [0.15, 0.2) is 5.16 Å². The quantitative estimate of drug-likeness (QED) is 0.0989. The normalized spacial score (nSPS) is 9.85. The summed E-state index contributed by atoms with van der Waals surface area (Å²) in [6, 6.07) is 26.1. The molecule has 7 nitrogen and oxygen atoms in total. The molecule has 3 aromatic carbocycles. The van der Waals surface area contributed by atoms with Gasteiger partial charge in [0.2, 0.25) is 0 Å². The monoisotopic (exact) mass is 460 g/mol. The Morgan fingerprint density at radius 1 is 0.971 bits per heavy atom. The fourth-order valence-electron chi connectivity index (χ4n) is 3.07. The fraction of sp³-hybridized carbons (Fsp3) is 0.0385. The zero-order chi connectivity index (χ0) is 23.8. The van der Waals surface area contributed by atoms with Crippen LogP contribution in [0.5, 0.6) is 0 Å². The molecule has 162 valence electrons. The van der Waals surface area contributed by atoms with Gasteiger partial charge in [0.05, 0.1) is 5.69 Å². The Balaban J connectivity index is 1.56. The van der Waals surface area contributed by atoms with Gasteiger partial charge in [0, 0.05) is 33.0 Å². The van der Waals surface area contributed by atoms with Crippen LogP contribution in [0.4, 0.5) is 5.69 Å². The molecule has 0 amide bonds. The Kier molecular flexibility index (Phi) is 7.07. The molecule has 0 unspecified atom stereocenters. The Bertz CT molecular complexity index is 1520. The first-order valence-electron chi connectivity index (χ1n) is 10.1. The SMILES string of the molecule is N#Cc1c(-c2ccc(C#Cc3ccccc3)cc2)nc(SCc2ccc(N=[N+]=[N-])cc2)[nH]c1=O. The molecule has 4 aromatic rings. The van der Waals surface area contributed by atoms with Crippen LogP contribution in [0.25, 0.3) is 21.7 Å². The summed E-state index contributed by atoms with van der Waals surface area (Å²) < 4.78 is 0. The van der Waals surface area contributed by atoms with Crippen molar-refractivity contribution < 1.29 is 0 Å². The molecule has 0 spiro atoms. The molecule has 0 fully saturated rings. The van der Waals surface area contributed by atoms with Gasteiger partial charge in [-0.3, -0.25) is 4.79 Å². The highest BCUT2D eigenvalue weighted by molar-refractivity contribution is 7.98. The van der Waals surface area contributed by atoms with Gasteiger partial charge in [-0.1, -0.05) is 83.3 Å². The third-order valence-corrected chi connectivity index (χ3v) is 5.71. The van der Waals surface area contributed by atoms with Crippen molar-refractivity contribution >= 4 is 17.4 Å². The second-order valence-electron chi connectivity index (χ2n) is 7.04. The minimum atomic E-state index is -0.485. The number of azide groups is 1. The summed E-state index contributed by atoms with van der Waals surface area (Å²) in [4.78, 5) is 22.5. The smallest absolute Gasteiger partial charge is 0.270 e. The van der Waals surface area contributed by atoms with Gasteiger partial charge >= 0.3 is 0 Å². The Hall–Kier alpha value is -4.75. The summed E-state index contributed by atoms with van der Waals surface area (Å²) in [5.41, 5.74) is 12.2. The van der Waals surface area contributed by atoms with Gasteiger partial charge in [-0.25, -0.2) is 4.98 Å². The number of nitriles is 1. The third kappa shape index (κ3) is 5.53. The number of rotatable bonds is 5. The van der Waals surface area contributed by atoms with Crippen molar-refractivity contribution in [1.82, 2.24) is 9.97 Å². The molecule has 0 aliphatic heterocycles. The van der Waals surface area contributed by atoms with E-state index in [1.54, 1.807) is 24.3 Å². The number of aromatic amines is 1. The molecule has 8 heteroatoms. The van der Waals surface area contributed by atoms with Crippen molar-refractivity contribution in [3.63, 3.8) is 0 Å². The second-order valence-corrected chi connectivity index (χ2v) is 8.01. The van der Waals surface area contributed by atoms with Crippen molar-refractivity contribution in [1.29, 1.82) is 5.26 Å². The van der Waals surface area contributed by atoms with Gasteiger partial charge in [-0.05, 0) is 35.4 Å². The highest BCUT2D eigenvalue weighted by Gasteiger charge is 2.14. The molecule has 4 rings (SSSR count). The number of hydrogen-bond acceptors (Lipinski definition) is 5. The number of aromatic nitrogens is 2. The second kappa shape index (κ2) is 10.7. The lowest BCUT2D eigenvalue weighted by Crippen LogP contribution is -2.14. The summed E-state index contributed by atoms with van der Waals surface area (Å²) in [5, 5.41) is 13.5. The maximum Gasteiger partial charge on any atom is 0.270 e. The molecule has 0 aliphatic carbocycles. The Morgan fingerprint density at radius 2 is 1.65 bits per heavy atom. The zero-order valence-corrected chi connectivity index (χ0v) is 18.6. The number of nitrogens with zero attached hydrogens (tertiary/aromatic N) is 5. The highest BCUT2D eigenvalue weighted by atomic mass is 32.2. The topological polar surface area (TPSA) is 118 Å². The summed E-state index contributed by atoms with van der Waals surface area (Å²) in [6.07, 6.45) is 0. The van der Waals surface area contributed by atoms with Crippen LogP contribution >= 0.6 is 11.8 Å². The molecule has 34 heavy (non-hydrogen) atoms. The minimum absolute atomic E-state index is 0.0359. The first-order valence-corrected chi connectivity index (χ1v) is 11.1. The van der Waals surface area contributed by atoms with Gasteiger partial charge in [0.1, 0.15) is 11.6 Å². The molecule has 1 N–H and O–H groups in total. The Labute approximate surface area is 199 Å². The average molecular weight is 461 g/mol. The zero-order valence-electron chi connectivity index (χ0n) is 17.8. The molecule has 0 radical (unpaired) electrons. The lowest BCUT2D eigenvalue weighted by atomic mass is 10.1. The van der Waals surface area contributed by atoms with E-state index in [0.717, 1.165) is 16.7 Å². The molecule has 0 atom stereocenters. The van der Waals surface area contributed by atoms with E-state index in [2.05, 4.69) is 31.8 Å². The van der Waals surface area contributed by atoms with E-state index in [0.29, 0.717) is 27.9 Å². The molecule has 0 bridgehead atoms. The van der Waals surface area contributed by atoms with Crippen molar-refractivity contribution in [2.45, 2.75) is 10.9 Å². The van der Waals surface area contributed by atoms with E-state index < -0.39 is 5.56 Å². The minimum Gasteiger partial charge on any atom is -0.300 e. The average Bonchev–Trinajstić information content (AvgIpc) is 2.88. The molecular weight excluding hydrogens is 444 g/mol. The first kappa shape index (κ1) is 22.4. The van der Waals surface area contributed by atoms with Crippen molar-refractivity contribution in [3.8, 4) is 29.2 Å². The summed E-state index contributed by atoms with van der Waals surface area (Å²) >= 11 is 1.34. The van der Waals surface area contributed by atoms with Gasteiger partial charge in [-0.2, -0.15) is 5.26 Å². The number of benzene rings is 3. The van der Waals surface area contributed by atoms with Gasteiger partial charge < -0.3 is 4.98 Å². The number of H-pyrrole nitrogens is 1. The molecule has 1 aromatic heterocycles. The van der Waals surface area contributed by atoms with E-state index in [-0.39, 0.29) is 5.56 Å². The van der Waals surface area contributed by atoms with E-state index in [1.165, 1.54) is 11.8 Å². The van der Waals surface area contributed by atoms with Crippen LogP contribution < -0.4 is 5.56 Å². The molecule has 0 saturated carbocycles. The maximum atomic E-state index is 12.5. The molecular formula is C26H16N6OS. The van der Waals surface area contributed by atoms with E-state index >= 15 is 0 Å². The largest absolute Gasteiger partial charge is 0.300 e. The fourth-order valence-corrected chi connectivity index (χ4v) is 3.89. The predicted molar refractivity (Wildman–Crippen MR) is 132 cm³/mol. The third-order valence-electron chi connectivity index (χ3n) is 4.76. The van der Waals surface area contributed by atoms with Crippen molar-refractivity contribution in [3.05, 3.63) is 122 Å². The predicted octanol–water partition coefficient (Wildman–Crippen LogP) is 5.94. The van der Waals surface area contributed by atoms with Crippen LogP contribution in [-0.2, 0) is 5.75 Å². The van der Waals surface area contributed by atoms with Crippen LogP contribution in [0.3, 0.4) is 0 Å². The maximum absolute atomic E-state index is 12.5. The number of nitrogens with one attached hydrogen (secondary N) is 1. The lowest BCUT2D eigenvalue weighted by molar-refractivity contribution is 0.934. The van der Waals surface area contributed by atoms with Crippen molar-refractivity contribution in [2.24, 2.45) is 5.11 Å². The summed E-state index contributed by atoms with van der Waals surface area (Å²) in [7, 11) is 0. The van der Waals surface area contributed by atoms with Gasteiger partial charge in [-0.15, -0.1) is 0 Å². The number of thioether (sulfide) groups is 1. The first-order chi connectivity index (χ1) is 16.7. The van der Waals surface area contributed by atoms with Crippen LogP contribution in [0.15, 0.2) is 93.9 Å². The number of hydrogen-bond donors (Lipinski definition) is 1. The standard InChI is InChI=1S/C26H16N6OS/c27-16-23-24(21-12-8-19(9-13-21)7-6-18-4-2-1-3-5-18)29-26(30-25(23)33)34-17-20-10-14-22(15-11-20)31-32-28/h1-5,8-15H,17H2,(H,29,30,33). The van der Waals surface area contributed by atoms with E-state index in [1.807, 2.05) is 60.7 Å². The lowest BCUT2D eigenvalue weighted by Gasteiger charge is -2.07. The van der Waals surface area contributed by atoms with Gasteiger partial charge in [0.25, 0.3) is 5.56 Å². The van der Waals surface area contributed by atoms with E-state index in [9.17, 15) is 10.1 Å². The Morgan fingerprint density at radius 3 is 2.29 bits per heavy atom. The molecule has 1 heterocycles. The van der Waals surface area contributed by atoms with Crippen molar-refractivity contribution in [2.75, 3.05) is 0 Å². The summed E-state index contributed by atoms with van der Waals surface area (Å²) in [6.45, 7) is 0.